The van der Waals surface area contributed by atoms with Crippen molar-refractivity contribution in [3.05, 3.63) is 46.6 Å². The summed E-state index contributed by atoms with van der Waals surface area (Å²) in [5, 5.41) is 20.1. The standard InChI is InChI=1S/C22H21NO7/c1-28-21-16(25)12-18-19(20(21)26)15(24)11-17(30-18)13-5-7-14(8-6-13)29-22(27)23-9-3-2-4-10-23/h5-8,11-12,25-26H,2-4,9-10H2,1H3. The Labute approximate surface area is 171 Å². The first-order chi connectivity index (χ1) is 14.5. The lowest BCUT2D eigenvalue weighted by Gasteiger charge is -2.25. The molecule has 1 amide bonds. The number of methoxy groups -OCH3 is 1. The van der Waals surface area contributed by atoms with Gasteiger partial charge in [0.15, 0.2) is 16.9 Å². The van der Waals surface area contributed by atoms with E-state index in [1.807, 2.05) is 0 Å². The van der Waals surface area contributed by atoms with Crippen molar-refractivity contribution < 1.29 is 28.9 Å². The third-order valence-corrected chi connectivity index (χ3v) is 5.09. The molecule has 1 aromatic heterocycles. The van der Waals surface area contributed by atoms with Gasteiger partial charge in [0, 0.05) is 30.8 Å². The molecule has 1 saturated heterocycles. The number of rotatable bonds is 3. The number of aromatic hydroxyl groups is 2. The number of fused-ring (bicyclic) bond motifs is 1. The molecule has 1 aliphatic heterocycles. The van der Waals surface area contributed by atoms with Gasteiger partial charge in [-0.05, 0) is 43.5 Å². The Bertz CT molecular complexity index is 1140. The SMILES string of the molecule is COc1c(O)cc2oc(-c3ccc(OC(=O)N4CCCCC4)cc3)cc(=O)c2c1O. The van der Waals surface area contributed by atoms with Crippen LogP contribution in [0.1, 0.15) is 19.3 Å². The predicted octanol–water partition coefficient (Wildman–Crippen LogP) is 3.86. The predicted molar refractivity (Wildman–Crippen MR) is 109 cm³/mol. The molecule has 30 heavy (non-hydrogen) atoms. The average molecular weight is 411 g/mol. The molecule has 1 fully saturated rings. The van der Waals surface area contributed by atoms with Gasteiger partial charge in [-0.15, -0.1) is 0 Å². The van der Waals surface area contributed by atoms with E-state index >= 15 is 0 Å². The molecule has 156 valence electrons. The van der Waals surface area contributed by atoms with Crippen molar-refractivity contribution in [3.63, 3.8) is 0 Å². The van der Waals surface area contributed by atoms with E-state index in [-0.39, 0.29) is 34.3 Å². The normalized spacial score (nSPS) is 14.0. The molecule has 0 bridgehead atoms. The largest absolute Gasteiger partial charge is 0.504 e. The highest BCUT2D eigenvalue weighted by Crippen LogP contribution is 2.41. The summed E-state index contributed by atoms with van der Waals surface area (Å²) in [5.74, 6) is -0.388. The average Bonchev–Trinajstić information content (AvgIpc) is 2.74. The van der Waals surface area contributed by atoms with Crippen molar-refractivity contribution in [1.29, 1.82) is 0 Å². The Morgan fingerprint density at radius 2 is 1.77 bits per heavy atom. The molecule has 3 aromatic rings. The van der Waals surface area contributed by atoms with Gasteiger partial charge in [-0.25, -0.2) is 4.79 Å². The summed E-state index contributed by atoms with van der Waals surface area (Å²) in [6, 6.07) is 9.01. The third kappa shape index (κ3) is 3.63. The molecule has 0 radical (unpaired) electrons. The fraction of sp³-hybridized carbons (Fsp3) is 0.273. The van der Waals surface area contributed by atoms with E-state index in [1.165, 1.54) is 19.2 Å². The Morgan fingerprint density at radius 3 is 2.43 bits per heavy atom. The maximum absolute atomic E-state index is 12.5. The lowest BCUT2D eigenvalue weighted by atomic mass is 10.1. The highest BCUT2D eigenvalue weighted by Gasteiger charge is 2.20. The highest BCUT2D eigenvalue weighted by molar-refractivity contribution is 5.89. The number of carbonyl (C=O) groups excluding carboxylic acids is 1. The van der Waals surface area contributed by atoms with Crippen LogP contribution in [0, 0.1) is 0 Å². The molecule has 2 heterocycles. The molecule has 1 aliphatic rings. The Balaban J connectivity index is 1.61. The first-order valence-electron chi connectivity index (χ1n) is 9.62. The maximum Gasteiger partial charge on any atom is 0.415 e. The van der Waals surface area contributed by atoms with Crippen LogP contribution in [0.2, 0.25) is 0 Å². The second kappa shape index (κ2) is 7.98. The van der Waals surface area contributed by atoms with E-state index in [0.29, 0.717) is 24.4 Å². The fourth-order valence-corrected chi connectivity index (χ4v) is 3.54. The number of benzene rings is 2. The number of phenolic OH excluding ortho intramolecular Hbond substituents is 2. The molecule has 0 aliphatic carbocycles. The zero-order valence-corrected chi connectivity index (χ0v) is 16.4. The molecule has 2 aromatic carbocycles. The number of hydrogen-bond acceptors (Lipinski definition) is 7. The van der Waals surface area contributed by atoms with Crippen molar-refractivity contribution in [1.82, 2.24) is 4.90 Å². The Hall–Kier alpha value is -3.68. The van der Waals surface area contributed by atoms with Crippen LogP contribution in [0.5, 0.6) is 23.0 Å². The topological polar surface area (TPSA) is 109 Å². The highest BCUT2D eigenvalue weighted by atomic mass is 16.6. The number of amides is 1. The van der Waals surface area contributed by atoms with Crippen molar-refractivity contribution in [2.24, 2.45) is 0 Å². The van der Waals surface area contributed by atoms with Gasteiger partial charge >= 0.3 is 6.09 Å². The molecule has 2 N–H and O–H groups in total. The van der Waals surface area contributed by atoms with E-state index < -0.39 is 11.2 Å². The summed E-state index contributed by atoms with van der Waals surface area (Å²) < 4.78 is 16.0. The van der Waals surface area contributed by atoms with Crippen LogP contribution >= 0.6 is 0 Å². The van der Waals surface area contributed by atoms with Gasteiger partial charge in [-0.2, -0.15) is 0 Å². The zero-order valence-electron chi connectivity index (χ0n) is 16.4. The van der Waals surface area contributed by atoms with Gasteiger partial charge in [0.05, 0.1) is 7.11 Å². The number of likely N-dealkylation sites (tertiary alicyclic amines) is 1. The third-order valence-electron chi connectivity index (χ3n) is 5.09. The smallest absolute Gasteiger partial charge is 0.415 e. The summed E-state index contributed by atoms with van der Waals surface area (Å²) in [6.45, 7) is 1.40. The number of piperidine rings is 1. The summed E-state index contributed by atoms with van der Waals surface area (Å²) in [4.78, 5) is 26.4. The van der Waals surface area contributed by atoms with Gasteiger partial charge in [-0.3, -0.25) is 4.79 Å². The molecule has 8 heteroatoms. The second-order valence-corrected chi connectivity index (χ2v) is 7.07. The molecule has 0 unspecified atom stereocenters. The van der Waals surface area contributed by atoms with Crippen LogP contribution in [-0.4, -0.2) is 41.4 Å². The minimum Gasteiger partial charge on any atom is -0.504 e. The first kappa shape index (κ1) is 19.6. The molecular weight excluding hydrogens is 390 g/mol. The van der Waals surface area contributed by atoms with E-state index in [4.69, 9.17) is 13.9 Å². The van der Waals surface area contributed by atoms with Crippen LogP contribution < -0.4 is 14.9 Å². The zero-order chi connectivity index (χ0) is 21.3. The van der Waals surface area contributed by atoms with E-state index in [1.54, 1.807) is 29.2 Å². The van der Waals surface area contributed by atoms with Gasteiger partial charge < -0.3 is 29.0 Å². The molecule has 0 atom stereocenters. The van der Waals surface area contributed by atoms with Crippen LogP contribution in [0.4, 0.5) is 4.79 Å². The fourth-order valence-electron chi connectivity index (χ4n) is 3.54. The summed E-state index contributed by atoms with van der Waals surface area (Å²) >= 11 is 0. The van der Waals surface area contributed by atoms with E-state index in [9.17, 15) is 19.8 Å². The Kier molecular flexibility index (Phi) is 5.22. The van der Waals surface area contributed by atoms with Crippen molar-refractivity contribution in [2.75, 3.05) is 20.2 Å². The van der Waals surface area contributed by atoms with Gasteiger partial charge in [-0.1, -0.05) is 0 Å². The Morgan fingerprint density at radius 1 is 1.07 bits per heavy atom. The van der Waals surface area contributed by atoms with Gasteiger partial charge in [0.1, 0.15) is 22.5 Å². The number of ether oxygens (including phenoxy) is 2. The number of carbonyl (C=O) groups is 1. The van der Waals surface area contributed by atoms with Crippen LogP contribution in [0.25, 0.3) is 22.3 Å². The molecule has 0 saturated carbocycles. The molecular formula is C22H21NO7. The van der Waals surface area contributed by atoms with Crippen LogP contribution in [-0.2, 0) is 0 Å². The van der Waals surface area contributed by atoms with Crippen LogP contribution in [0.3, 0.4) is 0 Å². The quantitative estimate of drug-likeness (QED) is 0.673. The first-order valence-corrected chi connectivity index (χ1v) is 9.62. The summed E-state index contributed by atoms with van der Waals surface area (Å²) in [7, 11) is 1.27. The second-order valence-electron chi connectivity index (χ2n) is 7.07. The van der Waals surface area contributed by atoms with E-state index in [2.05, 4.69) is 0 Å². The number of hydrogen-bond donors (Lipinski definition) is 2. The summed E-state index contributed by atoms with van der Waals surface area (Å²) in [5.41, 5.74) is 0.109. The molecule has 8 nitrogen and oxygen atoms in total. The number of phenols is 2. The van der Waals surface area contributed by atoms with Crippen LogP contribution in [0.15, 0.2) is 45.6 Å². The molecule has 4 rings (SSSR count). The lowest BCUT2D eigenvalue weighted by molar-refractivity contribution is 0.142. The van der Waals surface area contributed by atoms with Gasteiger partial charge in [0.25, 0.3) is 0 Å². The minimum absolute atomic E-state index is 0.0221. The van der Waals surface area contributed by atoms with Crippen molar-refractivity contribution in [2.45, 2.75) is 19.3 Å². The van der Waals surface area contributed by atoms with Crippen molar-refractivity contribution >= 4 is 17.1 Å². The monoisotopic (exact) mass is 411 g/mol. The maximum atomic E-state index is 12.5. The minimum atomic E-state index is -0.484. The molecule has 0 spiro atoms. The summed E-state index contributed by atoms with van der Waals surface area (Å²) in [6.07, 6.45) is 2.70. The van der Waals surface area contributed by atoms with Gasteiger partial charge in [0.2, 0.25) is 5.75 Å². The lowest BCUT2D eigenvalue weighted by Crippen LogP contribution is -2.37. The number of nitrogens with zero attached hydrogens (tertiary/aromatic N) is 1. The van der Waals surface area contributed by atoms with Crippen molar-refractivity contribution in [3.8, 4) is 34.3 Å². The van der Waals surface area contributed by atoms with E-state index in [0.717, 1.165) is 19.3 Å².